The second-order valence-corrected chi connectivity index (χ2v) is 8.67. The summed E-state index contributed by atoms with van der Waals surface area (Å²) in [6, 6.07) is 12.3. The smallest absolute Gasteiger partial charge is 0.236 e. The summed E-state index contributed by atoms with van der Waals surface area (Å²) >= 11 is 0. The third kappa shape index (κ3) is 5.07. The zero-order valence-electron chi connectivity index (χ0n) is 18.4. The van der Waals surface area contributed by atoms with E-state index in [0.29, 0.717) is 32.1 Å². The van der Waals surface area contributed by atoms with E-state index in [1.807, 2.05) is 4.90 Å². The Morgan fingerprint density at radius 1 is 1.06 bits per heavy atom. The van der Waals surface area contributed by atoms with Gasteiger partial charge in [0.2, 0.25) is 5.91 Å². The normalized spacial score (nSPS) is 20.3. The van der Waals surface area contributed by atoms with Crippen LogP contribution < -0.4 is 10.6 Å². The number of hydrogen-bond acceptors (Lipinski definition) is 5. The molecule has 2 N–H and O–H groups in total. The third-order valence-electron chi connectivity index (χ3n) is 5.75. The van der Waals surface area contributed by atoms with Gasteiger partial charge in [0.1, 0.15) is 29.7 Å². The Kier molecular flexibility index (Phi) is 6.69. The van der Waals surface area contributed by atoms with Gasteiger partial charge in [-0.05, 0) is 54.4 Å². The lowest BCUT2D eigenvalue weighted by molar-refractivity contribution is -0.130. The van der Waals surface area contributed by atoms with Gasteiger partial charge in [-0.1, -0.05) is 26.0 Å². The molecule has 2 aromatic carbocycles. The second kappa shape index (κ2) is 9.65. The summed E-state index contributed by atoms with van der Waals surface area (Å²) in [6.45, 7) is 6.97. The van der Waals surface area contributed by atoms with Crippen LogP contribution in [-0.4, -0.2) is 60.4 Å². The van der Waals surface area contributed by atoms with Gasteiger partial charge in [0.05, 0.1) is 13.1 Å². The van der Waals surface area contributed by atoms with Crippen LogP contribution in [-0.2, 0) is 4.79 Å². The Labute approximate surface area is 187 Å². The highest BCUT2D eigenvalue weighted by Crippen LogP contribution is 2.34. The van der Waals surface area contributed by atoms with Crippen molar-refractivity contribution >= 4 is 17.4 Å². The molecule has 0 aliphatic carbocycles. The number of rotatable bonds is 7. The number of amides is 1. The summed E-state index contributed by atoms with van der Waals surface area (Å²) < 4.78 is 26.9. The lowest BCUT2D eigenvalue weighted by Crippen LogP contribution is -2.56. The van der Waals surface area contributed by atoms with Crippen LogP contribution in [0.3, 0.4) is 0 Å². The molecule has 2 heterocycles. The minimum Gasteiger partial charge on any atom is -0.363 e. The molecular weight excluding hydrogens is 412 g/mol. The number of hydrogen-bond donors (Lipinski definition) is 2. The molecule has 0 aromatic heterocycles. The second-order valence-electron chi connectivity index (χ2n) is 8.67. The van der Waals surface area contributed by atoms with E-state index in [-0.39, 0.29) is 29.7 Å². The molecule has 1 saturated heterocycles. The number of halogens is 2. The summed E-state index contributed by atoms with van der Waals surface area (Å²) in [5.41, 5.74) is 1.65. The number of carbonyl (C=O) groups excluding carboxylic acids is 1. The van der Waals surface area contributed by atoms with Crippen molar-refractivity contribution in [2.24, 2.45) is 10.9 Å². The van der Waals surface area contributed by atoms with Crippen molar-refractivity contribution in [3.63, 3.8) is 0 Å². The average Bonchev–Trinajstić information content (AvgIpc) is 3.13. The largest absolute Gasteiger partial charge is 0.363 e. The molecule has 32 heavy (non-hydrogen) atoms. The fraction of sp³-hybridized carbons (Fsp3) is 0.417. The van der Waals surface area contributed by atoms with E-state index in [0.717, 1.165) is 23.6 Å². The Morgan fingerprint density at radius 3 is 2.38 bits per heavy atom. The predicted octanol–water partition coefficient (Wildman–Crippen LogP) is 3.25. The highest BCUT2D eigenvalue weighted by Gasteiger charge is 2.40. The molecule has 170 valence electrons. The van der Waals surface area contributed by atoms with Gasteiger partial charge in [0.25, 0.3) is 0 Å². The summed E-state index contributed by atoms with van der Waals surface area (Å²) in [5, 5.41) is 6.66. The number of aliphatic imine (C=N–C) groups is 1. The zero-order valence-corrected chi connectivity index (χ0v) is 18.4. The number of nitrogens with zero attached hydrogens (tertiary/aromatic N) is 3. The molecule has 6 nitrogen and oxygen atoms in total. The topological polar surface area (TPSA) is 60.0 Å². The van der Waals surface area contributed by atoms with Gasteiger partial charge in [0.15, 0.2) is 0 Å². The van der Waals surface area contributed by atoms with E-state index in [2.05, 4.69) is 29.4 Å². The standard InChI is InChI=1S/C24H29F2N5O/c1-16(2)13-27-14-22(32)30-11-12-31-21(15-30)29-23(17-3-5-18(25)6-4-17)24(31)28-20-9-7-19(26)8-10-20/h3-10,16,23-24,27-28H,11-15H2,1-2H3. The molecule has 0 bridgehead atoms. The first-order valence-corrected chi connectivity index (χ1v) is 11.0. The molecule has 2 aromatic rings. The van der Waals surface area contributed by atoms with Gasteiger partial charge in [-0.2, -0.15) is 0 Å². The molecule has 2 aliphatic rings. The number of piperazine rings is 1. The average molecular weight is 442 g/mol. The van der Waals surface area contributed by atoms with E-state index < -0.39 is 0 Å². The van der Waals surface area contributed by atoms with Crippen LogP contribution in [0.15, 0.2) is 53.5 Å². The minimum absolute atomic E-state index is 0.0567. The predicted molar refractivity (Wildman–Crippen MR) is 121 cm³/mol. The monoisotopic (exact) mass is 441 g/mol. The first-order valence-electron chi connectivity index (χ1n) is 11.0. The van der Waals surface area contributed by atoms with Crippen LogP contribution >= 0.6 is 0 Å². The van der Waals surface area contributed by atoms with Crippen molar-refractivity contribution < 1.29 is 13.6 Å². The molecule has 1 amide bonds. The van der Waals surface area contributed by atoms with Crippen molar-refractivity contribution in [2.75, 3.05) is 38.0 Å². The molecule has 0 radical (unpaired) electrons. The lowest BCUT2D eigenvalue weighted by Gasteiger charge is -2.38. The first kappa shape index (κ1) is 22.2. The van der Waals surface area contributed by atoms with Gasteiger partial charge in [-0.3, -0.25) is 9.79 Å². The quantitative estimate of drug-likeness (QED) is 0.693. The lowest BCUT2D eigenvalue weighted by atomic mass is 10.0. The summed E-state index contributed by atoms with van der Waals surface area (Å²) in [5.74, 6) is 0.760. The first-order chi connectivity index (χ1) is 15.4. The summed E-state index contributed by atoms with van der Waals surface area (Å²) in [4.78, 5) is 21.6. The van der Waals surface area contributed by atoms with Crippen LogP contribution in [0.25, 0.3) is 0 Å². The molecule has 2 atom stereocenters. The van der Waals surface area contributed by atoms with Gasteiger partial charge < -0.3 is 20.4 Å². The van der Waals surface area contributed by atoms with Gasteiger partial charge >= 0.3 is 0 Å². The highest BCUT2D eigenvalue weighted by molar-refractivity contribution is 5.92. The minimum atomic E-state index is -0.300. The van der Waals surface area contributed by atoms with Crippen LogP contribution in [0.5, 0.6) is 0 Å². The number of amidine groups is 1. The van der Waals surface area contributed by atoms with Crippen LogP contribution in [0.4, 0.5) is 14.5 Å². The maximum absolute atomic E-state index is 13.5. The SMILES string of the molecule is CC(C)CNCC(=O)N1CCN2C(=NC(c3ccc(F)cc3)C2Nc2ccc(F)cc2)C1. The molecule has 8 heteroatoms. The molecular formula is C24H29F2N5O. The van der Waals surface area contributed by atoms with E-state index in [1.165, 1.54) is 24.3 Å². The number of carbonyl (C=O) groups is 1. The Balaban J connectivity index is 1.52. The van der Waals surface area contributed by atoms with Crippen LogP contribution in [0.2, 0.25) is 0 Å². The van der Waals surface area contributed by atoms with Gasteiger partial charge in [-0.25, -0.2) is 8.78 Å². The Hall–Kier alpha value is -3.00. The highest BCUT2D eigenvalue weighted by atomic mass is 19.1. The Morgan fingerprint density at radius 2 is 1.72 bits per heavy atom. The summed E-state index contributed by atoms with van der Waals surface area (Å²) in [7, 11) is 0. The van der Waals surface area contributed by atoms with Crippen molar-refractivity contribution in [3.8, 4) is 0 Å². The number of fused-ring (bicyclic) bond motifs is 1. The van der Waals surface area contributed by atoms with E-state index in [1.54, 1.807) is 24.3 Å². The fourth-order valence-corrected chi connectivity index (χ4v) is 4.10. The van der Waals surface area contributed by atoms with E-state index >= 15 is 0 Å². The fourth-order valence-electron chi connectivity index (χ4n) is 4.10. The van der Waals surface area contributed by atoms with Crippen molar-refractivity contribution in [1.29, 1.82) is 0 Å². The Bertz CT molecular complexity index is 961. The number of nitrogens with one attached hydrogen (secondary N) is 2. The van der Waals surface area contributed by atoms with Crippen LogP contribution in [0.1, 0.15) is 25.5 Å². The van der Waals surface area contributed by atoms with Gasteiger partial charge in [0, 0.05) is 18.8 Å². The molecule has 0 spiro atoms. The molecule has 1 fully saturated rings. The molecule has 4 rings (SSSR count). The van der Waals surface area contributed by atoms with Crippen molar-refractivity contribution in [2.45, 2.75) is 26.1 Å². The van der Waals surface area contributed by atoms with Crippen LogP contribution in [0, 0.1) is 17.6 Å². The molecule has 0 saturated carbocycles. The van der Waals surface area contributed by atoms with Crippen molar-refractivity contribution in [3.05, 3.63) is 65.7 Å². The zero-order chi connectivity index (χ0) is 22.7. The van der Waals surface area contributed by atoms with E-state index in [4.69, 9.17) is 4.99 Å². The maximum Gasteiger partial charge on any atom is 0.236 e. The number of benzene rings is 2. The number of anilines is 1. The van der Waals surface area contributed by atoms with Crippen molar-refractivity contribution in [1.82, 2.24) is 15.1 Å². The van der Waals surface area contributed by atoms with Gasteiger partial charge in [-0.15, -0.1) is 0 Å². The van der Waals surface area contributed by atoms with E-state index in [9.17, 15) is 13.6 Å². The summed E-state index contributed by atoms with van der Waals surface area (Å²) in [6.07, 6.45) is -0.211. The maximum atomic E-state index is 13.5. The molecule has 2 aliphatic heterocycles. The third-order valence-corrected chi connectivity index (χ3v) is 5.75. The molecule has 2 unspecified atom stereocenters.